The summed E-state index contributed by atoms with van der Waals surface area (Å²) in [6.07, 6.45) is 3.42. The summed E-state index contributed by atoms with van der Waals surface area (Å²) in [5, 5.41) is 11.2. The largest absolute Gasteiger partial charge is 1.00 e. The smallest absolute Gasteiger partial charge is 0.724 e. The molecule has 0 saturated carbocycles. The number of anilines is 1. The number of rotatable bonds is 5. The van der Waals surface area contributed by atoms with E-state index in [9.17, 15) is 18.4 Å². The van der Waals surface area contributed by atoms with Crippen LogP contribution in [0.25, 0.3) is 5.41 Å². The van der Waals surface area contributed by atoms with Crippen molar-refractivity contribution in [3.63, 3.8) is 0 Å². The van der Waals surface area contributed by atoms with Crippen LogP contribution < -0.4 is 15.4 Å². The molecule has 0 spiro atoms. The molecule has 2 N–H and O–H groups in total. The molecule has 0 unspecified atom stereocenters. The predicted octanol–water partition coefficient (Wildman–Crippen LogP) is 3.93. The average Bonchev–Trinajstić information content (AvgIpc) is 2.73. The number of aromatic nitrogens is 1. The molecule has 3 aromatic rings. The Balaban J connectivity index is 0.00000121. The van der Waals surface area contributed by atoms with Gasteiger partial charge in [0.1, 0.15) is 11.6 Å². The van der Waals surface area contributed by atoms with Crippen LogP contribution in [0.5, 0.6) is 11.5 Å². The van der Waals surface area contributed by atoms with Crippen LogP contribution in [0.4, 0.5) is 19.3 Å². The molecule has 0 bridgehead atoms. The van der Waals surface area contributed by atoms with Crippen molar-refractivity contribution < 1.29 is 50.3 Å². The topological polar surface area (TPSA) is 120 Å². The molecular formula is C21H15AgF2N4O4. The van der Waals surface area contributed by atoms with Crippen LogP contribution in [-0.4, -0.2) is 23.0 Å². The normalized spacial score (nSPS) is 9.19. The van der Waals surface area contributed by atoms with Crippen molar-refractivity contribution in [3.05, 3.63) is 89.6 Å². The van der Waals surface area contributed by atoms with Crippen LogP contribution in [0.3, 0.4) is 0 Å². The van der Waals surface area contributed by atoms with Gasteiger partial charge < -0.3 is 15.5 Å². The second kappa shape index (κ2) is 13.6. The van der Waals surface area contributed by atoms with E-state index in [1.165, 1.54) is 48.8 Å². The number of isocyanates is 1. The van der Waals surface area contributed by atoms with Gasteiger partial charge in [0, 0.05) is 24.1 Å². The molecule has 11 heteroatoms. The molecule has 168 valence electrons. The number of nitrogens with zero attached hydrogens (tertiary/aromatic N) is 2. The Hall–Kier alpha value is -3.69. The van der Waals surface area contributed by atoms with Crippen LogP contribution in [-0.2, 0) is 38.4 Å². The Morgan fingerprint density at radius 1 is 1.03 bits per heavy atom. The number of carbonyl (C=O) groups excluding carboxylic acids is 3. The van der Waals surface area contributed by atoms with Crippen molar-refractivity contribution in [1.29, 1.82) is 0 Å². The Labute approximate surface area is 197 Å². The Kier molecular flexibility index (Phi) is 11.2. The molecule has 0 aliphatic heterocycles. The average molecular weight is 533 g/mol. The number of hydrogen-bond donors (Lipinski definition) is 2. The quantitative estimate of drug-likeness (QED) is 0.293. The molecule has 1 aromatic heterocycles. The third-order valence-corrected chi connectivity index (χ3v) is 3.60. The van der Waals surface area contributed by atoms with Gasteiger partial charge >= 0.3 is 28.4 Å². The maximum absolute atomic E-state index is 14.2. The summed E-state index contributed by atoms with van der Waals surface area (Å²) in [5.41, 5.74) is 0.696. The number of amides is 3. The van der Waals surface area contributed by atoms with E-state index >= 15 is 0 Å². The molecule has 0 aliphatic carbocycles. The monoisotopic (exact) mass is 532 g/mol. The van der Waals surface area contributed by atoms with Crippen molar-refractivity contribution in [3.8, 4) is 11.5 Å². The van der Waals surface area contributed by atoms with Gasteiger partial charge in [-0.15, -0.1) is 0 Å². The Morgan fingerprint density at radius 2 is 1.66 bits per heavy atom. The van der Waals surface area contributed by atoms with Gasteiger partial charge in [0.15, 0.2) is 11.6 Å². The molecule has 8 nitrogen and oxygen atoms in total. The first kappa shape index (κ1) is 26.3. The van der Waals surface area contributed by atoms with Crippen LogP contribution in [0, 0.1) is 11.6 Å². The zero-order valence-electron chi connectivity index (χ0n) is 16.1. The minimum Gasteiger partial charge on any atom is -0.724 e. The summed E-state index contributed by atoms with van der Waals surface area (Å²) < 4.78 is 32.4. The van der Waals surface area contributed by atoms with E-state index in [0.29, 0.717) is 17.4 Å². The molecule has 0 aliphatic rings. The zero-order valence-corrected chi connectivity index (χ0v) is 17.6. The fraction of sp³-hybridized carbons (Fsp3) is 0.0476. The van der Waals surface area contributed by atoms with Crippen molar-refractivity contribution in [2.24, 2.45) is 0 Å². The van der Waals surface area contributed by atoms with Crippen molar-refractivity contribution >= 4 is 23.7 Å². The fourth-order valence-electron chi connectivity index (χ4n) is 2.32. The van der Waals surface area contributed by atoms with Crippen LogP contribution >= 0.6 is 0 Å². The van der Waals surface area contributed by atoms with E-state index in [1.54, 1.807) is 12.1 Å². The molecular weight excluding hydrogens is 518 g/mol. The van der Waals surface area contributed by atoms with Gasteiger partial charge in [-0.3, -0.25) is 19.9 Å². The molecule has 3 rings (SSSR count). The third-order valence-electron chi connectivity index (χ3n) is 3.60. The summed E-state index contributed by atoms with van der Waals surface area (Å²) >= 11 is 0. The number of hydrogen-bond acceptors (Lipinski definition) is 5. The van der Waals surface area contributed by atoms with Crippen LogP contribution in [0.2, 0.25) is 0 Å². The minimum atomic E-state index is -0.811. The Morgan fingerprint density at radius 3 is 2.25 bits per heavy atom. The molecule has 0 radical (unpaired) electrons. The van der Waals surface area contributed by atoms with E-state index in [4.69, 9.17) is 14.9 Å². The molecule has 1 heterocycles. The van der Waals surface area contributed by atoms with Crippen molar-refractivity contribution in [1.82, 2.24) is 10.3 Å². The summed E-state index contributed by atoms with van der Waals surface area (Å²) in [6, 6.07) is 11.5. The number of imide groups is 1. The van der Waals surface area contributed by atoms with E-state index < -0.39 is 23.6 Å². The molecule has 2 aromatic carbocycles. The van der Waals surface area contributed by atoms with Crippen LogP contribution in [0.1, 0.15) is 5.56 Å². The van der Waals surface area contributed by atoms with Crippen molar-refractivity contribution in [2.75, 3.05) is 5.32 Å². The first-order valence-corrected chi connectivity index (χ1v) is 8.65. The molecule has 0 fully saturated rings. The second-order valence-electron chi connectivity index (χ2n) is 5.83. The molecule has 3 amide bonds. The summed E-state index contributed by atoms with van der Waals surface area (Å²) in [4.78, 5) is 35.8. The number of carbonyl (C=O) groups is 2. The van der Waals surface area contributed by atoms with Crippen molar-refractivity contribution in [2.45, 2.75) is 6.42 Å². The third kappa shape index (κ3) is 8.99. The van der Waals surface area contributed by atoms with E-state index in [0.717, 1.165) is 6.07 Å². The zero-order chi connectivity index (χ0) is 22.6. The number of pyridine rings is 1. The second-order valence-corrected chi connectivity index (χ2v) is 5.83. The first-order chi connectivity index (χ1) is 14.9. The van der Waals surface area contributed by atoms with Gasteiger partial charge in [-0.2, -0.15) is 0 Å². The van der Waals surface area contributed by atoms with Gasteiger partial charge in [0.2, 0.25) is 5.91 Å². The van der Waals surface area contributed by atoms with Gasteiger partial charge in [-0.25, -0.2) is 13.6 Å². The number of benzene rings is 2. The number of halogens is 2. The molecule has 32 heavy (non-hydrogen) atoms. The van der Waals surface area contributed by atoms with Gasteiger partial charge in [0.25, 0.3) is 0 Å². The standard InChI is InChI=1S/C20H15F2N3O3.CNO.Ag/c21-14-3-1-13(2-4-14)11-19(26)25-20(27)24-15-5-6-18(17(22)12-15)28-16-7-9-23-10-8-16;2-1-3;/h1-10,12H,11H2,(H2,24,25,26,27);;/q;-1;+1. The van der Waals surface area contributed by atoms with E-state index in [2.05, 4.69) is 15.6 Å². The predicted molar refractivity (Wildman–Crippen MR) is 107 cm³/mol. The maximum Gasteiger partial charge on any atom is 1.00 e. The minimum absolute atomic E-state index is 0. The first-order valence-electron chi connectivity index (χ1n) is 8.65. The van der Waals surface area contributed by atoms with Gasteiger partial charge in [0.05, 0.1) is 6.42 Å². The molecule has 0 atom stereocenters. The summed E-state index contributed by atoms with van der Waals surface area (Å²) in [6.45, 7) is 0. The molecule has 0 saturated heterocycles. The van der Waals surface area contributed by atoms with Gasteiger partial charge in [-0.1, -0.05) is 12.1 Å². The van der Waals surface area contributed by atoms with E-state index in [1.807, 2.05) is 0 Å². The number of urea groups is 1. The summed E-state index contributed by atoms with van der Waals surface area (Å²) in [7, 11) is 0. The fourth-order valence-corrected chi connectivity index (χ4v) is 2.32. The number of ether oxygens (including phenoxy) is 1. The van der Waals surface area contributed by atoms with Gasteiger partial charge in [-0.05, 0) is 48.0 Å². The maximum atomic E-state index is 14.2. The van der Waals surface area contributed by atoms with E-state index in [-0.39, 0.29) is 40.2 Å². The Bertz CT molecular complexity index is 1080. The van der Waals surface area contributed by atoms with Crippen LogP contribution in [0.15, 0.2) is 67.0 Å². The summed E-state index contributed by atoms with van der Waals surface area (Å²) in [5.74, 6) is -1.29. The number of nitrogens with one attached hydrogen (secondary N) is 2. The SMILES string of the molecule is O=C(Cc1ccc(F)cc1)NC(=O)Nc1ccc(Oc2ccncc2)c(F)c1.[Ag+].[N-]=C=O.